The van der Waals surface area contributed by atoms with Gasteiger partial charge in [0.2, 0.25) is 10.0 Å². The van der Waals surface area contributed by atoms with Crippen molar-refractivity contribution < 1.29 is 27.5 Å². The van der Waals surface area contributed by atoms with E-state index in [2.05, 4.69) is 10.0 Å². The number of hydrogen-bond acceptors (Lipinski definition) is 6. The van der Waals surface area contributed by atoms with Gasteiger partial charge in [-0.2, -0.15) is 0 Å². The van der Waals surface area contributed by atoms with Crippen molar-refractivity contribution in [1.29, 1.82) is 0 Å². The quantitative estimate of drug-likeness (QED) is 0.620. The van der Waals surface area contributed by atoms with E-state index >= 15 is 0 Å². The highest BCUT2D eigenvalue weighted by Gasteiger charge is 2.22. The predicted molar refractivity (Wildman–Crippen MR) is 111 cm³/mol. The van der Waals surface area contributed by atoms with Crippen molar-refractivity contribution in [1.82, 2.24) is 4.72 Å². The molecule has 9 heteroatoms. The van der Waals surface area contributed by atoms with Gasteiger partial charge in [-0.05, 0) is 56.2 Å². The Kier molecular flexibility index (Phi) is 7.20. The number of para-hydroxylation sites is 1. The molecule has 1 aliphatic heterocycles. The zero-order chi connectivity index (χ0) is 21.6. The van der Waals surface area contributed by atoms with E-state index < -0.39 is 28.0 Å². The van der Waals surface area contributed by atoms with E-state index in [-0.39, 0.29) is 23.1 Å². The molecule has 0 aromatic heterocycles. The summed E-state index contributed by atoms with van der Waals surface area (Å²) in [6.07, 6.45) is 0.612. The average molecular weight is 432 g/mol. The van der Waals surface area contributed by atoms with E-state index in [1.54, 1.807) is 24.3 Å². The SMILES string of the molecule is C[C@@H](OC(=O)c1ccc(S(=O)(=O)NC[C@@H]2CCCO2)cc1)C(=O)Nc1ccccc1. The van der Waals surface area contributed by atoms with Crippen LogP contribution in [0.4, 0.5) is 5.69 Å². The third kappa shape index (κ3) is 5.88. The molecule has 0 unspecified atom stereocenters. The maximum absolute atomic E-state index is 12.4. The number of carbonyl (C=O) groups is 2. The molecule has 1 saturated heterocycles. The third-order valence-electron chi connectivity index (χ3n) is 4.62. The first kappa shape index (κ1) is 21.9. The molecule has 0 radical (unpaired) electrons. The minimum atomic E-state index is -3.71. The highest BCUT2D eigenvalue weighted by molar-refractivity contribution is 7.89. The fourth-order valence-corrected chi connectivity index (χ4v) is 3.98. The van der Waals surface area contributed by atoms with Crippen LogP contribution in [0.15, 0.2) is 59.5 Å². The van der Waals surface area contributed by atoms with Crippen molar-refractivity contribution in [2.45, 2.75) is 36.9 Å². The van der Waals surface area contributed by atoms with E-state index in [9.17, 15) is 18.0 Å². The summed E-state index contributed by atoms with van der Waals surface area (Å²) in [7, 11) is -3.71. The Bertz CT molecular complexity index is 970. The highest BCUT2D eigenvalue weighted by atomic mass is 32.2. The molecular weight excluding hydrogens is 408 g/mol. The molecule has 0 saturated carbocycles. The molecule has 2 aromatic rings. The summed E-state index contributed by atoms with van der Waals surface area (Å²) in [6, 6.07) is 14.2. The summed E-state index contributed by atoms with van der Waals surface area (Å²) < 4.78 is 37.9. The summed E-state index contributed by atoms with van der Waals surface area (Å²) in [5.41, 5.74) is 0.739. The van der Waals surface area contributed by atoms with E-state index in [0.717, 1.165) is 12.8 Å². The highest BCUT2D eigenvalue weighted by Crippen LogP contribution is 2.15. The molecular formula is C21H24N2O6S. The Hall–Kier alpha value is -2.75. The first-order chi connectivity index (χ1) is 14.3. The van der Waals surface area contributed by atoms with Gasteiger partial charge in [0, 0.05) is 18.8 Å². The van der Waals surface area contributed by atoms with Gasteiger partial charge in [0.25, 0.3) is 5.91 Å². The number of anilines is 1. The van der Waals surface area contributed by atoms with Crippen molar-refractivity contribution in [3.63, 3.8) is 0 Å². The second kappa shape index (κ2) is 9.84. The number of ether oxygens (including phenoxy) is 2. The summed E-state index contributed by atoms with van der Waals surface area (Å²) in [5.74, 6) is -1.19. The van der Waals surface area contributed by atoms with Crippen molar-refractivity contribution >= 4 is 27.6 Å². The van der Waals surface area contributed by atoms with Crippen LogP contribution in [0, 0.1) is 0 Å². The molecule has 1 fully saturated rings. The standard InChI is InChI=1S/C21H24N2O6S/c1-15(20(24)23-17-6-3-2-4-7-17)29-21(25)16-9-11-19(12-10-16)30(26,27)22-14-18-8-5-13-28-18/h2-4,6-7,9-12,15,18,22H,5,8,13-14H2,1H3,(H,23,24)/t15-,18+/m1/s1. The van der Waals surface area contributed by atoms with E-state index in [1.165, 1.54) is 31.2 Å². The smallest absolute Gasteiger partial charge is 0.338 e. The van der Waals surface area contributed by atoms with Crippen LogP contribution in [-0.4, -0.2) is 45.7 Å². The van der Waals surface area contributed by atoms with Crippen LogP contribution in [0.1, 0.15) is 30.1 Å². The van der Waals surface area contributed by atoms with Gasteiger partial charge in [0.05, 0.1) is 16.6 Å². The predicted octanol–water partition coefficient (Wildman–Crippen LogP) is 2.33. The van der Waals surface area contributed by atoms with Crippen LogP contribution >= 0.6 is 0 Å². The van der Waals surface area contributed by atoms with Gasteiger partial charge in [0.1, 0.15) is 0 Å². The van der Waals surface area contributed by atoms with Gasteiger partial charge >= 0.3 is 5.97 Å². The molecule has 2 aromatic carbocycles. The normalized spacial score (nSPS) is 17.3. The number of carbonyl (C=O) groups excluding carboxylic acids is 2. The Balaban J connectivity index is 1.55. The first-order valence-electron chi connectivity index (χ1n) is 9.63. The molecule has 30 heavy (non-hydrogen) atoms. The van der Waals surface area contributed by atoms with E-state index in [0.29, 0.717) is 12.3 Å². The zero-order valence-electron chi connectivity index (χ0n) is 16.5. The topological polar surface area (TPSA) is 111 Å². The van der Waals surface area contributed by atoms with Crippen LogP contribution in [0.25, 0.3) is 0 Å². The minimum Gasteiger partial charge on any atom is -0.449 e. The second-order valence-corrected chi connectivity index (χ2v) is 8.68. The lowest BCUT2D eigenvalue weighted by molar-refractivity contribution is -0.123. The molecule has 2 atom stereocenters. The van der Waals surface area contributed by atoms with Crippen LogP contribution in [0.2, 0.25) is 0 Å². The molecule has 1 heterocycles. The number of benzene rings is 2. The van der Waals surface area contributed by atoms with Crippen LogP contribution < -0.4 is 10.0 Å². The maximum atomic E-state index is 12.4. The lowest BCUT2D eigenvalue weighted by atomic mass is 10.2. The van der Waals surface area contributed by atoms with Gasteiger partial charge in [-0.25, -0.2) is 17.9 Å². The fourth-order valence-electron chi connectivity index (χ4n) is 2.91. The number of sulfonamides is 1. The zero-order valence-corrected chi connectivity index (χ0v) is 17.4. The minimum absolute atomic E-state index is 0.0342. The van der Waals surface area contributed by atoms with Gasteiger partial charge in [0.15, 0.2) is 6.10 Å². The monoisotopic (exact) mass is 432 g/mol. The van der Waals surface area contributed by atoms with Gasteiger partial charge in [-0.15, -0.1) is 0 Å². The Labute approximate surface area is 175 Å². The van der Waals surface area contributed by atoms with Gasteiger partial charge < -0.3 is 14.8 Å². The molecule has 8 nitrogen and oxygen atoms in total. The summed E-state index contributed by atoms with van der Waals surface area (Å²) in [6.45, 7) is 2.31. The lowest BCUT2D eigenvalue weighted by Crippen LogP contribution is -2.32. The largest absolute Gasteiger partial charge is 0.449 e. The number of nitrogens with one attached hydrogen (secondary N) is 2. The fraction of sp³-hybridized carbons (Fsp3) is 0.333. The number of esters is 1. The molecule has 0 spiro atoms. The van der Waals surface area contributed by atoms with Crippen molar-refractivity contribution in [3.8, 4) is 0 Å². The molecule has 0 bridgehead atoms. The molecule has 160 valence electrons. The van der Waals surface area contributed by atoms with Crippen LogP contribution in [0.3, 0.4) is 0 Å². The van der Waals surface area contributed by atoms with Gasteiger partial charge in [-0.3, -0.25) is 4.79 Å². The number of amides is 1. The Morgan fingerprint density at radius 3 is 2.47 bits per heavy atom. The number of rotatable bonds is 8. The molecule has 2 N–H and O–H groups in total. The van der Waals surface area contributed by atoms with Crippen LogP contribution in [-0.2, 0) is 24.3 Å². The summed E-state index contributed by atoms with van der Waals surface area (Å²) in [5, 5.41) is 2.65. The lowest BCUT2D eigenvalue weighted by Gasteiger charge is -2.14. The summed E-state index contributed by atoms with van der Waals surface area (Å²) in [4.78, 5) is 24.5. The first-order valence-corrected chi connectivity index (χ1v) is 11.1. The van der Waals surface area contributed by atoms with E-state index in [1.807, 2.05) is 6.07 Å². The van der Waals surface area contributed by atoms with Gasteiger partial charge in [-0.1, -0.05) is 18.2 Å². The summed E-state index contributed by atoms with van der Waals surface area (Å²) >= 11 is 0. The molecule has 0 aliphatic carbocycles. The second-order valence-electron chi connectivity index (χ2n) is 6.91. The van der Waals surface area contributed by atoms with Crippen molar-refractivity contribution in [2.75, 3.05) is 18.5 Å². The molecule has 3 rings (SSSR count). The van der Waals surface area contributed by atoms with Crippen molar-refractivity contribution in [2.24, 2.45) is 0 Å². The average Bonchev–Trinajstić information content (AvgIpc) is 3.27. The third-order valence-corrected chi connectivity index (χ3v) is 6.06. The Morgan fingerprint density at radius 1 is 1.13 bits per heavy atom. The van der Waals surface area contributed by atoms with Crippen LogP contribution in [0.5, 0.6) is 0 Å². The number of hydrogen-bond donors (Lipinski definition) is 2. The maximum Gasteiger partial charge on any atom is 0.338 e. The van der Waals surface area contributed by atoms with E-state index in [4.69, 9.17) is 9.47 Å². The Morgan fingerprint density at radius 2 is 1.83 bits per heavy atom. The molecule has 1 amide bonds. The molecule has 1 aliphatic rings. The van der Waals surface area contributed by atoms with Crippen molar-refractivity contribution in [3.05, 3.63) is 60.2 Å².